The number of hydrogen-bond acceptors (Lipinski definition) is 2. The molecule has 3 saturated heterocycles. The number of halogens is 2. The molecule has 1 N–H and O–H groups in total. The van der Waals surface area contributed by atoms with Crippen molar-refractivity contribution in [3.05, 3.63) is 0 Å². The second-order valence-corrected chi connectivity index (χ2v) is 4.35. The van der Waals surface area contributed by atoms with Gasteiger partial charge in [-0.25, -0.2) is 0 Å². The fraction of sp³-hybridized carbons (Fsp3) is 1.00. The summed E-state index contributed by atoms with van der Waals surface area (Å²) in [7, 11) is 0. The van der Waals surface area contributed by atoms with Crippen molar-refractivity contribution < 1.29 is 5.11 Å². The van der Waals surface area contributed by atoms with Gasteiger partial charge in [-0.1, -0.05) is 15.9 Å². The summed E-state index contributed by atoms with van der Waals surface area (Å²) >= 11 is 3.39. The van der Waals surface area contributed by atoms with Gasteiger partial charge in [-0.05, 0) is 31.8 Å². The van der Waals surface area contributed by atoms with Crippen LogP contribution in [0.4, 0.5) is 0 Å². The van der Waals surface area contributed by atoms with E-state index in [1.165, 1.54) is 25.9 Å². The summed E-state index contributed by atoms with van der Waals surface area (Å²) in [5.41, 5.74) is -0.420. The van der Waals surface area contributed by atoms with Gasteiger partial charge in [-0.15, -0.1) is 17.0 Å². The molecule has 3 aliphatic heterocycles. The molecule has 2 bridgehead atoms. The van der Waals surface area contributed by atoms with Crippen LogP contribution < -0.4 is 0 Å². The Morgan fingerprint density at radius 2 is 2.00 bits per heavy atom. The molecule has 3 rings (SSSR count). The second-order valence-electron chi connectivity index (χ2n) is 3.79. The SMILES string of the molecule is Br.OC1(CBr)CN2CCC1CC2. The lowest BCUT2D eigenvalue weighted by atomic mass is 9.77. The minimum Gasteiger partial charge on any atom is -0.387 e. The van der Waals surface area contributed by atoms with Crippen LogP contribution in [0.1, 0.15) is 12.8 Å². The largest absolute Gasteiger partial charge is 0.387 e. The standard InChI is InChI=1S/C8H14BrNO.BrH/c9-5-8(11)6-10-3-1-7(8)2-4-10;/h7,11H,1-6H2;1H. The number of fused-ring (bicyclic) bond motifs is 3. The van der Waals surface area contributed by atoms with E-state index in [-0.39, 0.29) is 17.0 Å². The maximum Gasteiger partial charge on any atom is 0.0899 e. The van der Waals surface area contributed by atoms with E-state index in [1.807, 2.05) is 0 Å². The van der Waals surface area contributed by atoms with Crippen molar-refractivity contribution in [2.75, 3.05) is 25.0 Å². The molecule has 12 heavy (non-hydrogen) atoms. The molecule has 4 heteroatoms. The number of nitrogens with zero attached hydrogens (tertiary/aromatic N) is 1. The highest BCUT2D eigenvalue weighted by Gasteiger charge is 2.44. The zero-order valence-electron chi connectivity index (χ0n) is 7.00. The molecule has 0 saturated carbocycles. The van der Waals surface area contributed by atoms with Gasteiger partial charge in [0.2, 0.25) is 0 Å². The highest BCUT2D eigenvalue weighted by atomic mass is 79.9. The number of aliphatic hydroxyl groups is 1. The molecule has 1 atom stereocenters. The van der Waals surface area contributed by atoms with Gasteiger partial charge in [-0.3, -0.25) is 0 Å². The molecule has 0 aromatic carbocycles. The Labute approximate surface area is 92.2 Å². The van der Waals surface area contributed by atoms with E-state index < -0.39 is 5.60 Å². The van der Waals surface area contributed by atoms with Gasteiger partial charge in [-0.2, -0.15) is 0 Å². The van der Waals surface area contributed by atoms with Crippen LogP contribution in [0, 0.1) is 5.92 Å². The van der Waals surface area contributed by atoms with Crippen molar-refractivity contribution in [2.24, 2.45) is 5.92 Å². The van der Waals surface area contributed by atoms with E-state index in [4.69, 9.17) is 0 Å². The molecule has 3 aliphatic rings. The highest BCUT2D eigenvalue weighted by molar-refractivity contribution is 9.09. The summed E-state index contributed by atoms with van der Waals surface area (Å²) in [6.07, 6.45) is 2.37. The third kappa shape index (κ3) is 1.72. The summed E-state index contributed by atoms with van der Waals surface area (Å²) in [6.45, 7) is 3.27. The smallest absolute Gasteiger partial charge is 0.0899 e. The Balaban J connectivity index is 0.000000720. The minimum atomic E-state index is -0.420. The van der Waals surface area contributed by atoms with Crippen LogP contribution in [-0.4, -0.2) is 40.6 Å². The zero-order valence-corrected chi connectivity index (χ0v) is 10.3. The third-order valence-electron chi connectivity index (χ3n) is 3.08. The normalized spacial score (nSPS) is 45.5. The van der Waals surface area contributed by atoms with E-state index in [0.29, 0.717) is 5.92 Å². The predicted octanol–water partition coefficient (Wildman–Crippen LogP) is 1.42. The lowest BCUT2D eigenvalue weighted by molar-refractivity contribution is -0.0941. The number of rotatable bonds is 1. The van der Waals surface area contributed by atoms with E-state index in [9.17, 15) is 5.11 Å². The van der Waals surface area contributed by atoms with Crippen molar-refractivity contribution in [3.8, 4) is 0 Å². The van der Waals surface area contributed by atoms with Gasteiger partial charge in [0, 0.05) is 11.9 Å². The van der Waals surface area contributed by atoms with E-state index in [1.54, 1.807) is 0 Å². The quantitative estimate of drug-likeness (QED) is 0.740. The first-order valence-corrected chi connectivity index (χ1v) is 5.37. The Kier molecular flexibility index (Phi) is 3.60. The van der Waals surface area contributed by atoms with Crippen molar-refractivity contribution in [1.29, 1.82) is 0 Å². The molecule has 0 amide bonds. The monoisotopic (exact) mass is 299 g/mol. The number of alkyl halides is 1. The maximum absolute atomic E-state index is 10.1. The Bertz CT molecular complexity index is 159. The molecule has 1 unspecified atom stereocenters. The van der Waals surface area contributed by atoms with E-state index in [2.05, 4.69) is 20.8 Å². The summed E-state index contributed by atoms with van der Waals surface area (Å²) in [4.78, 5) is 2.36. The fourth-order valence-electron chi connectivity index (χ4n) is 2.30. The summed E-state index contributed by atoms with van der Waals surface area (Å²) in [5, 5.41) is 10.8. The lowest BCUT2D eigenvalue weighted by Crippen LogP contribution is -2.60. The van der Waals surface area contributed by atoms with Crippen molar-refractivity contribution >= 4 is 32.9 Å². The molecule has 3 heterocycles. The predicted molar refractivity (Wildman–Crippen MR) is 58.2 cm³/mol. The average molecular weight is 301 g/mol. The molecular weight excluding hydrogens is 286 g/mol. The summed E-state index contributed by atoms with van der Waals surface area (Å²) in [5.74, 6) is 0.548. The van der Waals surface area contributed by atoms with Crippen LogP contribution in [0.3, 0.4) is 0 Å². The first-order valence-electron chi connectivity index (χ1n) is 4.25. The van der Waals surface area contributed by atoms with Crippen LogP contribution in [0.5, 0.6) is 0 Å². The van der Waals surface area contributed by atoms with Crippen LogP contribution in [-0.2, 0) is 0 Å². The average Bonchev–Trinajstić information content (AvgIpc) is 2.06. The van der Waals surface area contributed by atoms with Crippen molar-refractivity contribution in [2.45, 2.75) is 18.4 Å². The Morgan fingerprint density at radius 1 is 1.42 bits per heavy atom. The van der Waals surface area contributed by atoms with Gasteiger partial charge in [0.25, 0.3) is 0 Å². The summed E-state index contributed by atoms with van der Waals surface area (Å²) in [6, 6.07) is 0. The van der Waals surface area contributed by atoms with Gasteiger partial charge >= 0.3 is 0 Å². The number of piperidine rings is 3. The topological polar surface area (TPSA) is 23.5 Å². The molecule has 0 aromatic heterocycles. The van der Waals surface area contributed by atoms with E-state index >= 15 is 0 Å². The van der Waals surface area contributed by atoms with Gasteiger partial charge in [0.05, 0.1) is 5.60 Å². The van der Waals surface area contributed by atoms with Gasteiger partial charge in [0.1, 0.15) is 0 Å². The first kappa shape index (κ1) is 11.0. The fourth-order valence-corrected chi connectivity index (χ4v) is 2.93. The van der Waals surface area contributed by atoms with Crippen LogP contribution >= 0.6 is 32.9 Å². The zero-order chi connectivity index (χ0) is 7.90. The van der Waals surface area contributed by atoms with Crippen LogP contribution in [0.25, 0.3) is 0 Å². The summed E-state index contributed by atoms with van der Waals surface area (Å²) < 4.78 is 0. The Hall–Kier alpha value is 0.880. The van der Waals surface area contributed by atoms with Gasteiger partial charge in [0.15, 0.2) is 0 Å². The van der Waals surface area contributed by atoms with Crippen molar-refractivity contribution in [3.63, 3.8) is 0 Å². The molecule has 0 radical (unpaired) electrons. The molecule has 72 valence electrons. The molecule has 0 spiro atoms. The number of hydrogen-bond donors (Lipinski definition) is 1. The minimum absolute atomic E-state index is 0. The first-order chi connectivity index (χ1) is 5.24. The molecule has 0 aromatic rings. The molecule has 2 nitrogen and oxygen atoms in total. The molecule has 3 fully saturated rings. The Morgan fingerprint density at radius 3 is 2.25 bits per heavy atom. The lowest BCUT2D eigenvalue weighted by Gasteiger charge is -2.49. The van der Waals surface area contributed by atoms with E-state index in [0.717, 1.165) is 11.9 Å². The molecule has 0 aliphatic carbocycles. The van der Waals surface area contributed by atoms with Gasteiger partial charge < -0.3 is 10.0 Å². The van der Waals surface area contributed by atoms with Crippen LogP contribution in [0.15, 0.2) is 0 Å². The van der Waals surface area contributed by atoms with Crippen molar-refractivity contribution in [1.82, 2.24) is 4.90 Å². The third-order valence-corrected chi connectivity index (χ3v) is 4.05. The molecular formula is C8H15Br2NO. The second kappa shape index (κ2) is 3.95. The van der Waals surface area contributed by atoms with Crippen LogP contribution in [0.2, 0.25) is 0 Å². The maximum atomic E-state index is 10.1. The highest BCUT2D eigenvalue weighted by Crippen LogP contribution is 2.36.